The van der Waals surface area contributed by atoms with Crippen LogP contribution in [-0.2, 0) is 4.79 Å². The average molecular weight is 199 g/mol. The molecule has 0 radical (unpaired) electrons. The minimum absolute atomic E-state index is 0.0267. The Balaban J connectivity index is 2.51. The first-order valence-electron chi connectivity index (χ1n) is 5.21. The Labute approximate surface area is 86.2 Å². The zero-order valence-electron chi connectivity index (χ0n) is 9.58. The van der Waals surface area contributed by atoms with Crippen LogP contribution in [0.25, 0.3) is 0 Å². The summed E-state index contributed by atoms with van der Waals surface area (Å²) < 4.78 is 0. The van der Waals surface area contributed by atoms with E-state index in [1.165, 1.54) is 0 Å². The lowest BCUT2D eigenvalue weighted by Crippen LogP contribution is -2.57. The number of hydrogen-bond acceptors (Lipinski definition) is 3. The van der Waals surface area contributed by atoms with Crippen molar-refractivity contribution < 1.29 is 4.79 Å². The number of hydrogen-bond donors (Lipinski definition) is 1. The number of amides is 1. The van der Waals surface area contributed by atoms with Crippen molar-refractivity contribution in [2.24, 2.45) is 0 Å². The van der Waals surface area contributed by atoms with E-state index < -0.39 is 0 Å². The maximum atomic E-state index is 11.9. The zero-order chi connectivity index (χ0) is 10.7. The average Bonchev–Trinajstić information content (AvgIpc) is 2.15. The second-order valence-corrected chi connectivity index (χ2v) is 4.31. The maximum absolute atomic E-state index is 11.9. The summed E-state index contributed by atoms with van der Waals surface area (Å²) in [7, 11) is 3.92. The van der Waals surface area contributed by atoms with Crippen molar-refractivity contribution in [2.45, 2.75) is 25.9 Å². The molecule has 14 heavy (non-hydrogen) atoms. The predicted octanol–water partition coefficient (Wildman–Crippen LogP) is -0.243. The number of nitrogens with zero attached hydrogens (tertiary/aromatic N) is 2. The minimum atomic E-state index is -0.0267. The van der Waals surface area contributed by atoms with Crippen LogP contribution < -0.4 is 5.32 Å². The Morgan fingerprint density at radius 1 is 1.57 bits per heavy atom. The van der Waals surface area contributed by atoms with E-state index in [-0.39, 0.29) is 18.0 Å². The molecule has 1 rings (SSSR count). The molecule has 0 aromatic rings. The molecule has 0 aromatic carbocycles. The number of nitrogens with one attached hydrogen (secondary N) is 1. The van der Waals surface area contributed by atoms with Crippen molar-refractivity contribution >= 4 is 5.91 Å². The number of carbonyl (C=O) groups excluding carboxylic acids is 1. The highest BCUT2D eigenvalue weighted by Gasteiger charge is 2.26. The van der Waals surface area contributed by atoms with Gasteiger partial charge >= 0.3 is 0 Å². The molecular weight excluding hydrogens is 178 g/mol. The van der Waals surface area contributed by atoms with Crippen molar-refractivity contribution in [1.82, 2.24) is 15.1 Å². The molecule has 1 amide bonds. The van der Waals surface area contributed by atoms with Gasteiger partial charge in [-0.15, -0.1) is 0 Å². The first kappa shape index (κ1) is 11.5. The first-order chi connectivity index (χ1) is 6.52. The van der Waals surface area contributed by atoms with Crippen molar-refractivity contribution in [1.29, 1.82) is 0 Å². The second kappa shape index (κ2) is 4.75. The van der Waals surface area contributed by atoms with Crippen LogP contribution in [0.5, 0.6) is 0 Å². The third-order valence-corrected chi connectivity index (χ3v) is 2.80. The van der Waals surface area contributed by atoms with E-state index in [2.05, 4.69) is 17.3 Å². The smallest absolute Gasteiger partial charge is 0.241 e. The van der Waals surface area contributed by atoms with E-state index in [4.69, 9.17) is 0 Å². The Hall–Kier alpha value is -0.610. The monoisotopic (exact) mass is 199 g/mol. The summed E-state index contributed by atoms with van der Waals surface area (Å²) in [4.78, 5) is 15.9. The van der Waals surface area contributed by atoms with E-state index in [1.807, 2.05) is 20.9 Å². The fraction of sp³-hybridized carbons (Fsp3) is 0.900. The number of piperazine rings is 1. The lowest BCUT2D eigenvalue weighted by Gasteiger charge is -2.33. The van der Waals surface area contributed by atoms with Gasteiger partial charge in [-0.2, -0.15) is 0 Å². The molecule has 1 aliphatic rings. The summed E-state index contributed by atoms with van der Waals surface area (Å²) >= 11 is 0. The summed E-state index contributed by atoms with van der Waals surface area (Å²) in [5.41, 5.74) is 0. The molecule has 0 aromatic heterocycles. The topological polar surface area (TPSA) is 35.6 Å². The highest BCUT2D eigenvalue weighted by Crippen LogP contribution is 2.03. The lowest BCUT2D eigenvalue weighted by molar-refractivity contribution is -0.134. The molecule has 1 atom stereocenters. The van der Waals surface area contributed by atoms with Crippen LogP contribution in [-0.4, -0.2) is 61.5 Å². The fourth-order valence-electron chi connectivity index (χ4n) is 1.56. The van der Waals surface area contributed by atoms with E-state index in [1.54, 1.807) is 4.90 Å². The van der Waals surface area contributed by atoms with E-state index >= 15 is 0 Å². The molecule has 0 saturated carbocycles. The minimum Gasteiger partial charge on any atom is -0.342 e. The van der Waals surface area contributed by atoms with Crippen LogP contribution in [0.3, 0.4) is 0 Å². The Morgan fingerprint density at radius 3 is 2.71 bits per heavy atom. The molecule has 1 aliphatic heterocycles. The van der Waals surface area contributed by atoms with Crippen LogP contribution in [0.4, 0.5) is 0 Å². The number of carbonyl (C=O) groups is 1. The van der Waals surface area contributed by atoms with Gasteiger partial charge in [0.15, 0.2) is 0 Å². The van der Waals surface area contributed by atoms with Crippen molar-refractivity contribution in [3.05, 3.63) is 0 Å². The first-order valence-corrected chi connectivity index (χ1v) is 5.21. The summed E-state index contributed by atoms with van der Waals surface area (Å²) in [5, 5.41) is 3.25. The molecule has 1 saturated heterocycles. The maximum Gasteiger partial charge on any atom is 0.241 e. The van der Waals surface area contributed by atoms with Gasteiger partial charge in [0.2, 0.25) is 5.91 Å². The Kier molecular flexibility index (Phi) is 3.89. The van der Waals surface area contributed by atoms with Crippen LogP contribution >= 0.6 is 0 Å². The van der Waals surface area contributed by atoms with Crippen LogP contribution in [0.1, 0.15) is 13.8 Å². The van der Waals surface area contributed by atoms with E-state index in [0.717, 1.165) is 19.6 Å². The van der Waals surface area contributed by atoms with E-state index in [0.29, 0.717) is 0 Å². The fourth-order valence-corrected chi connectivity index (χ4v) is 1.56. The molecule has 1 fully saturated rings. The van der Waals surface area contributed by atoms with Gasteiger partial charge in [0.05, 0.1) is 6.04 Å². The van der Waals surface area contributed by atoms with Gasteiger partial charge < -0.3 is 15.1 Å². The summed E-state index contributed by atoms with van der Waals surface area (Å²) in [5.74, 6) is 0.201. The molecule has 0 bridgehead atoms. The predicted molar refractivity (Wildman–Crippen MR) is 57.2 cm³/mol. The largest absolute Gasteiger partial charge is 0.342 e. The van der Waals surface area contributed by atoms with Crippen LogP contribution in [0, 0.1) is 0 Å². The van der Waals surface area contributed by atoms with Gasteiger partial charge in [0.25, 0.3) is 0 Å². The van der Waals surface area contributed by atoms with Crippen LogP contribution in [0.15, 0.2) is 0 Å². The standard InChI is InChI=1S/C10H21N3O/c1-8(2)13(4)10(14)9-7-12(3)6-5-11-9/h8-9,11H,5-7H2,1-4H3. The van der Waals surface area contributed by atoms with Crippen molar-refractivity contribution in [3.8, 4) is 0 Å². The summed E-state index contributed by atoms with van der Waals surface area (Å²) in [6.45, 7) is 6.80. The van der Waals surface area contributed by atoms with Gasteiger partial charge in [0.1, 0.15) is 0 Å². The molecule has 4 heteroatoms. The van der Waals surface area contributed by atoms with E-state index in [9.17, 15) is 4.79 Å². The van der Waals surface area contributed by atoms with Crippen molar-refractivity contribution in [2.75, 3.05) is 33.7 Å². The molecule has 1 heterocycles. The third-order valence-electron chi connectivity index (χ3n) is 2.80. The second-order valence-electron chi connectivity index (χ2n) is 4.31. The molecule has 0 aliphatic carbocycles. The SMILES string of the molecule is CC(C)N(C)C(=O)C1CN(C)CCN1. The molecular formula is C10H21N3O. The third kappa shape index (κ3) is 2.69. The Morgan fingerprint density at radius 2 is 2.21 bits per heavy atom. The number of rotatable bonds is 2. The van der Waals surface area contributed by atoms with Gasteiger partial charge in [-0.25, -0.2) is 0 Å². The molecule has 0 spiro atoms. The normalized spacial score (nSPS) is 23.9. The van der Waals surface area contributed by atoms with Gasteiger partial charge in [-0.05, 0) is 20.9 Å². The van der Waals surface area contributed by atoms with Gasteiger partial charge in [-0.1, -0.05) is 0 Å². The highest BCUT2D eigenvalue weighted by atomic mass is 16.2. The summed E-state index contributed by atoms with van der Waals surface area (Å²) in [6, 6.07) is 0.248. The van der Waals surface area contributed by atoms with Crippen LogP contribution in [0.2, 0.25) is 0 Å². The Bertz CT molecular complexity index is 206. The highest BCUT2D eigenvalue weighted by molar-refractivity contribution is 5.82. The lowest BCUT2D eigenvalue weighted by atomic mass is 10.2. The van der Waals surface area contributed by atoms with Gasteiger partial charge in [0, 0.05) is 32.7 Å². The van der Waals surface area contributed by atoms with Gasteiger partial charge in [-0.3, -0.25) is 4.79 Å². The summed E-state index contributed by atoms with van der Waals surface area (Å²) in [6.07, 6.45) is 0. The quantitative estimate of drug-likeness (QED) is 0.666. The zero-order valence-corrected chi connectivity index (χ0v) is 9.58. The molecule has 4 nitrogen and oxygen atoms in total. The molecule has 1 N–H and O–H groups in total. The number of likely N-dealkylation sites (N-methyl/N-ethyl adjacent to an activating group) is 2. The molecule has 1 unspecified atom stereocenters. The van der Waals surface area contributed by atoms with Crippen molar-refractivity contribution in [3.63, 3.8) is 0 Å². The molecule has 82 valence electrons.